The molecule has 3 atom stereocenters. The monoisotopic (exact) mass is 690 g/mol. The number of aliphatic hydroxyl groups excluding tert-OH is 1. The molecule has 0 aromatic carbocycles. The smallest absolute Gasteiger partial charge is 0.387 e. The van der Waals surface area contributed by atoms with Gasteiger partial charge in [0.1, 0.15) is 13.2 Å². The quantitative estimate of drug-likeness (QED) is 0.0265. The summed E-state index contributed by atoms with van der Waals surface area (Å²) < 4.78 is 23.4. The molecule has 0 aliphatic heterocycles. The lowest BCUT2D eigenvalue weighted by Gasteiger charge is -2.25. The van der Waals surface area contributed by atoms with Gasteiger partial charge in [-0.05, 0) is 19.3 Å². The van der Waals surface area contributed by atoms with Crippen LogP contribution in [0.4, 0.5) is 0 Å². The molecule has 0 fully saturated rings. The number of phosphoric ester groups is 1. The molecular formula is C38H78N2O6P+. The van der Waals surface area contributed by atoms with E-state index in [4.69, 9.17) is 9.05 Å². The van der Waals surface area contributed by atoms with Crippen LogP contribution >= 0.6 is 7.82 Å². The molecule has 8 nitrogen and oxygen atoms in total. The number of likely N-dealkylation sites (N-methyl/N-ethyl adjacent to an activating group) is 1. The van der Waals surface area contributed by atoms with Crippen LogP contribution in [0.15, 0.2) is 12.2 Å². The van der Waals surface area contributed by atoms with Crippen LogP contribution in [0.1, 0.15) is 174 Å². The summed E-state index contributed by atoms with van der Waals surface area (Å²) in [4.78, 5) is 23.0. The molecule has 0 spiro atoms. The molecule has 0 aliphatic carbocycles. The number of allylic oxidation sites excluding steroid dienone is 1. The van der Waals surface area contributed by atoms with E-state index in [1.807, 2.05) is 27.2 Å². The van der Waals surface area contributed by atoms with Gasteiger partial charge in [-0.2, -0.15) is 0 Å². The van der Waals surface area contributed by atoms with Crippen molar-refractivity contribution in [3.8, 4) is 0 Å². The number of hydrogen-bond acceptors (Lipinski definition) is 5. The van der Waals surface area contributed by atoms with Crippen LogP contribution in [0.3, 0.4) is 0 Å². The number of carbonyl (C=O) groups excluding carboxylic acids is 1. The SMILES string of the molecule is CCCCCCCCCCC/C=C/C(O)C(COP(=O)(O)OCC[N+](C)(C)C)NC(=O)CCCCCCCCCCCCCCCC. The number of amides is 1. The second kappa shape index (κ2) is 31.2. The van der Waals surface area contributed by atoms with Crippen LogP contribution in [0.25, 0.3) is 0 Å². The van der Waals surface area contributed by atoms with Crippen LogP contribution in [-0.2, 0) is 18.4 Å². The van der Waals surface area contributed by atoms with Gasteiger partial charge in [-0.1, -0.05) is 161 Å². The molecule has 3 N–H and O–H groups in total. The third-order valence-corrected chi connectivity index (χ3v) is 9.74. The van der Waals surface area contributed by atoms with Gasteiger partial charge >= 0.3 is 7.82 Å². The Morgan fingerprint density at radius 1 is 0.702 bits per heavy atom. The molecule has 0 rings (SSSR count). The van der Waals surface area contributed by atoms with E-state index in [2.05, 4.69) is 19.2 Å². The number of nitrogens with one attached hydrogen (secondary N) is 1. The van der Waals surface area contributed by atoms with Gasteiger partial charge in [0.05, 0.1) is 39.9 Å². The first-order chi connectivity index (χ1) is 22.5. The molecule has 0 radical (unpaired) electrons. The lowest BCUT2D eigenvalue weighted by molar-refractivity contribution is -0.870. The van der Waals surface area contributed by atoms with Crippen molar-refractivity contribution < 1.29 is 32.9 Å². The highest BCUT2D eigenvalue weighted by molar-refractivity contribution is 7.47. The average Bonchev–Trinajstić information content (AvgIpc) is 3.01. The summed E-state index contributed by atoms with van der Waals surface area (Å²) in [6.45, 7) is 4.79. The highest BCUT2D eigenvalue weighted by Crippen LogP contribution is 2.43. The van der Waals surface area contributed by atoms with Crippen LogP contribution < -0.4 is 5.32 Å². The Kier molecular flexibility index (Phi) is 30.7. The fourth-order valence-corrected chi connectivity index (χ4v) is 6.31. The van der Waals surface area contributed by atoms with Crippen LogP contribution in [-0.4, -0.2) is 73.4 Å². The lowest BCUT2D eigenvalue weighted by atomic mass is 10.0. The first kappa shape index (κ1) is 46.2. The maximum absolute atomic E-state index is 12.8. The number of unbranched alkanes of at least 4 members (excludes halogenated alkanes) is 22. The van der Waals surface area contributed by atoms with Crippen LogP contribution in [0.5, 0.6) is 0 Å². The fraction of sp³-hybridized carbons (Fsp3) is 0.921. The second-order valence-corrected chi connectivity index (χ2v) is 16.1. The maximum atomic E-state index is 12.8. The number of hydrogen-bond donors (Lipinski definition) is 3. The Bertz CT molecular complexity index is 789. The Morgan fingerprint density at radius 3 is 1.57 bits per heavy atom. The molecule has 0 bridgehead atoms. The first-order valence-corrected chi connectivity index (χ1v) is 21.1. The summed E-state index contributed by atoms with van der Waals surface area (Å²) in [5.74, 6) is -0.178. The van der Waals surface area contributed by atoms with Crippen LogP contribution in [0, 0.1) is 0 Å². The van der Waals surface area contributed by atoms with E-state index in [9.17, 15) is 19.4 Å². The standard InChI is InChI=1S/C38H77N2O6P/c1-6-8-10-12-14-16-18-19-20-22-24-26-28-30-32-38(42)39-36(35-46-47(43,44)45-34-33-40(3,4)5)37(41)31-29-27-25-23-21-17-15-13-11-9-7-2/h29,31,36-37,41H,6-28,30,32-35H2,1-5H3,(H-,39,42,43,44)/p+1/b31-29+. The topological polar surface area (TPSA) is 105 Å². The summed E-state index contributed by atoms with van der Waals surface area (Å²) in [6.07, 6.45) is 32.7. The summed E-state index contributed by atoms with van der Waals surface area (Å²) in [6, 6.07) is -0.837. The summed E-state index contributed by atoms with van der Waals surface area (Å²) >= 11 is 0. The Labute approximate surface area is 291 Å². The molecule has 0 saturated heterocycles. The van der Waals surface area contributed by atoms with Crippen molar-refractivity contribution in [2.24, 2.45) is 0 Å². The first-order valence-electron chi connectivity index (χ1n) is 19.6. The normalized spacial score (nSPS) is 14.8. The molecule has 0 saturated carbocycles. The summed E-state index contributed by atoms with van der Waals surface area (Å²) in [5.41, 5.74) is 0. The van der Waals surface area contributed by atoms with Crippen LogP contribution in [0.2, 0.25) is 0 Å². The molecular weight excluding hydrogens is 611 g/mol. The Morgan fingerprint density at radius 2 is 1.13 bits per heavy atom. The molecule has 0 heterocycles. The van der Waals surface area contributed by atoms with Gasteiger partial charge in [0.15, 0.2) is 0 Å². The number of quaternary nitrogens is 1. The Balaban J connectivity index is 4.49. The zero-order valence-corrected chi connectivity index (χ0v) is 32.4. The summed E-state index contributed by atoms with van der Waals surface area (Å²) in [7, 11) is 1.58. The summed E-state index contributed by atoms with van der Waals surface area (Å²) in [5, 5.41) is 13.7. The van der Waals surface area contributed by atoms with E-state index in [0.717, 1.165) is 38.5 Å². The average molecular weight is 690 g/mol. The minimum atomic E-state index is -4.32. The van der Waals surface area contributed by atoms with Gasteiger partial charge in [0.25, 0.3) is 0 Å². The molecule has 1 amide bonds. The molecule has 280 valence electrons. The van der Waals surface area contributed by atoms with E-state index in [1.54, 1.807) is 6.08 Å². The Hall–Kier alpha value is -0.760. The third kappa shape index (κ3) is 33.5. The lowest BCUT2D eigenvalue weighted by Crippen LogP contribution is -2.45. The molecule has 3 unspecified atom stereocenters. The second-order valence-electron chi connectivity index (χ2n) is 14.7. The van der Waals surface area contributed by atoms with Crippen molar-refractivity contribution >= 4 is 13.7 Å². The van der Waals surface area contributed by atoms with Crippen molar-refractivity contribution in [2.75, 3.05) is 40.9 Å². The van der Waals surface area contributed by atoms with Crippen molar-refractivity contribution in [2.45, 2.75) is 187 Å². The van der Waals surface area contributed by atoms with E-state index in [1.165, 1.54) is 116 Å². The van der Waals surface area contributed by atoms with Gasteiger partial charge in [-0.25, -0.2) is 4.57 Å². The zero-order valence-electron chi connectivity index (χ0n) is 31.5. The number of carbonyl (C=O) groups is 1. The number of phosphoric acid groups is 1. The van der Waals surface area contributed by atoms with Gasteiger partial charge in [-0.3, -0.25) is 13.8 Å². The minimum Gasteiger partial charge on any atom is -0.387 e. The molecule has 0 aromatic rings. The highest BCUT2D eigenvalue weighted by Gasteiger charge is 2.27. The molecule has 0 aromatic heterocycles. The zero-order chi connectivity index (χ0) is 35.1. The highest BCUT2D eigenvalue weighted by atomic mass is 31.2. The van der Waals surface area contributed by atoms with Crippen molar-refractivity contribution in [1.29, 1.82) is 0 Å². The van der Waals surface area contributed by atoms with E-state index < -0.39 is 20.0 Å². The number of nitrogens with zero attached hydrogens (tertiary/aromatic N) is 1. The number of rotatable bonds is 35. The molecule has 0 aliphatic rings. The van der Waals surface area contributed by atoms with Gasteiger partial charge < -0.3 is 19.8 Å². The van der Waals surface area contributed by atoms with E-state index >= 15 is 0 Å². The predicted molar refractivity (Wildman–Crippen MR) is 198 cm³/mol. The van der Waals surface area contributed by atoms with E-state index in [0.29, 0.717) is 17.4 Å². The fourth-order valence-electron chi connectivity index (χ4n) is 5.57. The number of aliphatic hydroxyl groups is 1. The largest absolute Gasteiger partial charge is 0.472 e. The molecule has 47 heavy (non-hydrogen) atoms. The van der Waals surface area contributed by atoms with E-state index in [-0.39, 0.29) is 19.1 Å². The van der Waals surface area contributed by atoms with Crippen molar-refractivity contribution in [1.82, 2.24) is 5.32 Å². The van der Waals surface area contributed by atoms with Gasteiger partial charge in [0, 0.05) is 6.42 Å². The third-order valence-electron chi connectivity index (χ3n) is 8.76. The minimum absolute atomic E-state index is 0.0641. The van der Waals surface area contributed by atoms with Gasteiger partial charge in [0.2, 0.25) is 5.91 Å². The maximum Gasteiger partial charge on any atom is 0.472 e. The van der Waals surface area contributed by atoms with Gasteiger partial charge in [-0.15, -0.1) is 0 Å². The van der Waals surface area contributed by atoms with Crippen molar-refractivity contribution in [3.63, 3.8) is 0 Å². The predicted octanol–water partition coefficient (Wildman–Crippen LogP) is 10.0. The van der Waals surface area contributed by atoms with Crippen molar-refractivity contribution in [3.05, 3.63) is 12.2 Å². The molecule has 9 heteroatoms.